The van der Waals surface area contributed by atoms with E-state index in [1.807, 2.05) is 0 Å². The zero-order chi connectivity index (χ0) is 15.6. The number of benzene rings is 1. The molecule has 2 aromatic heterocycles. The molecule has 0 saturated carbocycles. The van der Waals surface area contributed by atoms with Gasteiger partial charge in [-0.2, -0.15) is 0 Å². The molecular formula is C19H22N4. The van der Waals surface area contributed by atoms with Crippen molar-refractivity contribution >= 4 is 11.3 Å². The molecule has 23 heavy (non-hydrogen) atoms. The molecule has 0 unspecified atom stereocenters. The van der Waals surface area contributed by atoms with Crippen LogP contribution in [-0.4, -0.2) is 40.5 Å². The molecule has 3 heterocycles. The third-order valence-corrected chi connectivity index (χ3v) is 4.63. The standard InChI is InChI=1S/C19H22N4/c1-16-6-5-9-19-20-17(15-23(16)19)14-21-10-12-22(13-11-21)18-7-3-2-4-8-18/h2-9,15H,10-14H2,1H3. The second kappa shape index (κ2) is 6.05. The normalized spacial score (nSPS) is 16.1. The van der Waals surface area contributed by atoms with E-state index in [1.54, 1.807) is 0 Å². The van der Waals surface area contributed by atoms with Crippen molar-refractivity contribution in [3.05, 3.63) is 66.1 Å². The van der Waals surface area contributed by atoms with Crippen LogP contribution in [0.25, 0.3) is 5.65 Å². The van der Waals surface area contributed by atoms with Gasteiger partial charge in [-0.1, -0.05) is 24.3 Å². The Morgan fingerprint density at radius 1 is 0.913 bits per heavy atom. The van der Waals surface area contributed by atoms with Gasteiger partial charge in [0.05, 0.1) is 5.69 Å². The molecule has 0 aliphatic carbocycles. The molecule has 118 valence electrons. The lowest BCUT2D eigenvalue weighted by atomic mass is 10.2. The average molecular weight is 306 g/mol. The van der Waals surface area contributed by atoms with Crippen molar-refractivity contribution in [2.75, 3.05) is 31.1 Å². The van der Waals surface area contributed by atoms with Gasteiger partial charge in [-0.05, 0) is 31.2 Å². The molecule has 3 aromatic rings. The van der Waals surface area contributed by atoms with Crippen LogP contribution in [0.2, 0.25) is 0 Å². The van der Waals surface area contributed by atoms with Crippen molar-refractivity contribution in [3.63, 3.8) is 0 Å². The molecule has 1 aliphatic heterocycles. The van der Waals surface area contributed by atoms with E-state index in [2.05, 4.69) is 75.9 Å². The summed E-state index contributed by atoms with van der Waals surface area (Å²) in [6.07, 6.45) is 2.17. The average Bonchev–Trinajstić information content (AvgIpc) is 3.00. The van der Waals surface area contributed by atoms with E-state index in [4.69, 9.17) is 4.98 Å². The number of anilines is 1. The number of fused-ring (bicyclic) bond motifs is 1. The Balaban J connectivity index is 1.41. The molecule has 0 N–H and O–H groups in total. The lowest BCUT2D eigenvalue weighted by molar-refractivity contribution is 0.247. The molecular weight excluding hydrogens is 284 g/mol. The number of aryl methyl sites for hydroxylation is 1. The van der Waals surface area contributed by atoms with Crippen LogP contribution in [0, 0.1) is 6.92 Å². The molecule has 4 heteroatoms. The molecule has 1 aliphatic rings. The highest BCUT2D eigenvalue weighted by molar-refractivity contribution is 5.46. The van der Waals surface area contributed by atoms with E-state index in [1.165, 1.54) is 11.4 Å². The molecule has 1 saturated heterocycles. The molecule has 4 rings (SSSR count). The van der Waals surface area contributed by atoms with Gasteiger partial charge >= 0.3 is 0 Å². The lowest BCUT2D eigenvalue weighted by Crippen LogP contribution is -2.46. The number of rotatable bonds is 3. The van der Waals surface area contributed by atoms with Crippen LogP contribution in [0.4, 0.5) is 5.69 Å². The van der Waals surface area contributed by atoms with Crippen LogP contribution in [0.3, 0.4) is 0 Å². The predicted octanol–water partition coefficient (Wildman–Crippen LogP) is 2.96. The van der Waals surface area contributed by atoms with Crippen molar-refractivity contribution in [2.45, 2.75) is 13.5 Å². The maximum Gasteiger partial charge on any atom is 0.137 e. The van der Waals surface area contributed by atoms with Gasteiger partial charge in [-0.3, -0.25) is 4.90 Å². The van der Waals surface area contributed by atoms with E-state index < -0.39 is 0 Å². The highest BCUT2D eigenvalue weighted by Crippen LogP contribution is 2.17. The van der Waals surface area contributed by atoms with Gasteiger partial charge in [-0.15, -0.1) is 0 Å². The Labute approximate surface area is 137 Å². The second-order valence-corrected chi connectivity index (χ2v) is 6.23. The highest BCUT2D eigenvalue weighted by Gasteiger charge is 2.18. The Bertz CT molecular complexity index is 785. The van der Waals surface area contributed by atoms with Crippen molar-refractivity contribution in [3.8, 4) is 0 Å². The van der Waals surface area contributed by atoms with Crippen LogP contribution < -0.4 is 4.90 Å². The molecule has 0 amide bonds. The first-order valence-corrected chi connectivity index (χ1v) is 8.25. The van der Waals surface area contributed by atoms with E-state index in [0.717, 1.165) is 44.1 Å². The number of hydrogen-bond donors (Lipinski definition) is 0. The molecule has 0 bridgehead atoms. The van der Waals surface area contributed by atoms with Gasteiger partial charge in [0.1, 0.15) is 5.65 Å². The lowest BCUT2D eigenvalue weighted by Gasteiger charge is -2.35. The van der Waals surface area contributed by atoms with Gasteiger partial charge in [0.15, 0.2) is 0 Å². The summed E-state index contributed by atoms with van der Waals surface area (Å²) in [5.41, 5.74) is 4.76. The quantitative estimate of drug-likeness (QED) is 0.743. The minimum absolute atomic E-state index is 0.934. The Hall–Kier alpha value is -2.33. The number of piperazine rings is 1. The summed E-state index contributed by atoms with van der Waals surface area (Å²) in [4.78, 5) is 9.71. The third-order valence-electron chi connectivity index (χ3n) is 4.63. The predicted molar refractivity (Wildman–Crippen MR) is 93.9 cm³/mol. The van der Waals surface area contributed by atoms with E-state index >= 15 is 0 Å². The first kappa shape index (κ1) is 14.3. The molecule has 0 radical (unpaired) electrons. The van der Waals surface area contributed by atoms with E-state index in [0.29, 0.717) is 0 Å². The second-order valence-electron chi connectivity index (χ2n) is 6.23. The summed E-state index contributed by atoms with van der Waals surface area (Å²) in [5, 5.41) is 0. The van der Waals surface area contributed by atoms with Gasteiger partial charge in [0, 0.05) is 50.3 Å². The third kappa shape index (κ3) is 2.94. The van der Waals surface area contributed by atoms with Crippen molar-refractivity contribution in [2.24, 2.45) is 0 Å². The van der Waals surface area contributed by atoms with Gasteiger partial charge in [0.25, 0.3) is 0 Å². The number of pyridine rings is 1. The van der Waals surface area contributed by atoms with Crippen LogP contribution >= 0.6 is 0 Å². The minimum atomic E-state index is 0.934. The number of para-hydroxylation sites is 1. The molecule has 0 atom stereocenters. The van der Waals surface area contributed by atoms with Gasteiger partial charge in [-0.25, -0.2) is 4.98 Å². The maximum atomic E-state index is 4.75. The van der Waals surface area contributed by atoms with Gasteiger partial charge < -0.3 is 9.30 Å². The van der Waals surface area contributed by atoms with Crippen LogP contribution in [0.15, 0.2) is 54.7 Å². The maximum absolute atomic E-state index is 4.75. The van der Waals surface area contributed by atoms with Crippen molar-refractivity contribution < 1.29 is 0 Å². The zero-order valence-corrected chi connectivity index (χ0v) is 13.5. The first-order valence-electron chi connectivity index (χ1n) is 8.25. The number of hydrogen-bond acceptors (Lipinski definition) is 3. The SMILES string of the molecule is Cc1cccc2nc(CN3CCN(c4ccccc4)CC3)cn12. The summed E-state index contributed by atoms with van der Waals surface area (Å²) in [6.45, 7) is 7.39. The monoisotopic (exact) mass is 306 g/mol. The first-order chi connectivity index (χ1) is 11.3. The zero-order valence-electron chi connectivity index (χ0n) is 13.5. The molecule has 0 spiro atoms. The van der Waals surface area contributed by atoms with Gasteiger partial charge in [0.2, 0.25) is 0 Å². The summed E-state index contributed by atoms with van der Waals surface area (Å²) in [7, 11) is 0. The summed E-state index contributed by atoms with van der Waals surface area (Å²) in [6, 6.07) is 17.0. The van der Waals surface area contributed by atoms with Crippen LogP contribution in [0.1, 0.15) is 11.4 Å². The number of imidazole rings is 1. The fraction of sp³-hybridized carbons (Fsp3) is 0.316. The highest BCUT2D eigenvalue weighted by atomic mass is 15.3. The van der Waals surface area contributed by atoms with Crippen molar-refractivity contribution in [1.82, 2.24) is 14.3 Å². The largest absolute Gasteiger partial charge is 0.369 e. The Morgan fingerprint density at radius 3 is 2.43 bits per heavy atom. The van der Waals surface area contributed by atoms with Crippen LogP contribution in [-0.2, 0) is 6.54 Å². The minimum Gasteiger partial charge on any atom is -0.369 e. The fourth-order valence-electron chi connectivity index (χ4n) is 3.31. The Morgan fingerprint density at radius 2 is 1.70 bits per heavy atom. The van der Waals surface area contributed by atoms with E-state index in [9.17, 15) is 0 Å². The molecule has 4 nitrogen and oxygen atoms in total. The smallest absolute Gasteiger partial charge is 0.137 e. The van der Waals surface area contributed by atoms with Crippen LogP contribution in [0.5, 0.6) is 0 Å². The molecule has 1 aromatic carbocycles. The molecule has 1 fully saturated rings. The topological polar surface area (TPSA) is 23.8 Å². The van der Waals surface area contributed by atoms with E-state index in [-0.39, 0.29) is 0 Å². The summed E-state index contributed by atoms with van der Waals surface area (Å²) < 4.78 is 2.18. The fourth-order valence-corrected chi connectivity index (χ4v) is 3.31. The number of nitrogens with zero attached hydrogens (tertiary/aromatic N) is 4. The summed E-state index contributed by atoms with van der Waals surface area (Å²) >= 11 is 0. The summed E-state index contributed by atoms with van der Waals surface area (Å²) in [5.74, 6) is 0. The number of aromatic nitrogens is 2. The Kier molecular flexibility index (Phi) is 3.75. The van der Waals surface area contributed by atoms with Crippen molar-refractivity contribution in [1.29, 1.82) is 0 Å².